The van der Waals surface area contributed by atoms with E-state index in [2.05, 4.69) is 26.1 Å². The summed E-state index contributed by atoms with van der Waals surface area (Å²) in [4.78, 5) is 0. The van der Waals surface area contributed by atoms with Crippen LogP contribution in [0.25, 0.3) is 0 Å². The molecule has 0 rings (SSSR count). The molecule has 3 nitrogen and oxygen atoms in total. The molecule has 0 aliphatic heterocycles. The summed E-state index contributed by atoms with van der Waals surface area (Å²) in [6.45, 7) is 11.2. The van der Waals surface area contributed by atoms with Crippen LogP contribution in [0.3, 0.4) is 0 Å². The minimum Gasteiger partial charge on any atom is -0.385 e. The van der Waals surface area contributed by atoms with Crippen molar-refractivity contribution in [3.8, 4) is 0 Å². The van der Waals surface area contributed by atoms with Crippen LogP contribution in [0.15, 0.2) is 0 Å². The summed E-state index contributed by atoms with van der Waals surface area (Å²) in [5.74, 6) is 0.575. The minimum absolute atomic E-state index is 0.266. The average Bonchev–Trinajstić information content (AvgIpc) is 2.22. The number of hydrogen-bond donors (Lipinski definition) is 1. The maximum absolute atomic E-state index is 5.65. The van der Waals surface area contributed by atoms with Gasteiger partial charge in [0.1, 0.15) is 0 Å². The van der Waals surface area contributed by atoms with Gasteiger partial charge in [0.05, 0.1) is 6.10 Å². The first-order chi connectivity index (χ1) is 7.17. The van der Waals surface area contributed by atoms with Crippen LogP contribution in [0, 0.1) is 5.92 Å². The Morgan fingerprint density at radius 2 is 1.87 bits per heavy atom. The Hall–Kier alpha value is -0.120. The molecule has 3 unspecified atom stereocenters. The summed E-state index contributed by atoms with van der Waals surface area (Å²) in [5.41, 5.74) is 0. The Morgan fingerprint density at radius 3 is 2.33 bits per heavy atom. The first kappa shape index (κ1) is 14.9. The van der Waals surface area contributed by atoms with Crippen LogP contribution in [-0.4, -0.2) is 39.0 Å². The van der Waals surface area contributed by atoms with E-state index in [1.54, 1.807) is 7.11 Å². The number of rotatable bonds is 9. The first-order valence-electron chi connectivity index (χ1n) is 6.01. The molecule has 3 atom stereocenters. The second-order valence-corrected chi connectivity index (χ2v) is 4.00. The lowest BCUT2D eigenvalue weighted by atomic mass is 9.94. The van der Waals surface area contributed by atoms with Crippen molar-refractivity contribution in [1.29, 1.82) is 0 Å². The van der Waals surface area contributed by atoms with E-state index in [9.17, 15) is 0 Å². The molecule has 0 spiro atoms. The lowest BCUT2D eigenvalue weighted by Gasteiger charge is -2.30. The largest absolute Gasteiger partial charge is 0.385 e. The fraction of sp³-hybridized carbons (Fsp3) is 1.00. The van der Waals surface area contributed by atoms with Crippen molar-refractivity contribution in [2.24, 2.45) is 5.92 Å². The molecule has 0 aromatic carbocycles. The highest BCUT2D eigenvalue weighted by molar-refractivity contribution is 4.78. The second kappa shape index (κ2) is 9.13. The predicted octanol–water partition coefficient (Wildman–Crippen LogP) is 2.06. The van der Waals surface area contributed by atoms with Crippen molar-refractivity contribution in [1.82, 2.24) is 5.32 Å². The number of likely N-dealkylation sites (N-methyl/N-ethyl adjacent to an activating group) is 1. The Morgan fingerprint density at radius 1 is 1.20 bits per heavy atom. The van der Waals surface area contributed by atoms with Crippen molar-refractivity contribution < 1.29 is 9.47 Å². The molecule has 92 valence electrons. The normalized spacial score (nSPS) is 17.4. The molecule has 0 saturated heterocycles. The van der Waals surface area contributed by atoms with Crippen LogP contribution in [0.5, 0.6) is 0 Å². The smallest absolute Gasteiger partial charge is 0.0702 e. The monoisotopic (exact) mass is 217 g/mol. The van der Waals surface area contributed by atoms with Crippen molar-refractivity contribution in [3.63, 3.8) is 0 Å². The molecule has 0 fully saturated rings. The molecule has 0 heterocycles. The summed E-state index contributed by atoms with van der Waals surface area (Å²) < 4.78 is 10.8. The van der Waals surface area contributed by atoms with Crippen LogP contribution in [0.4, 0.5) is 0 Å². The van der Waals surface area contributed by atoms with Gasteiger partial charge in [-0.15, -0.1) is 0 Å². The van der Waals surface area contributed by atoms with Gasteiger partial charge in [-0.1, -0.05) is 13.8 Å². The van der Waals surface area contributed by atoms with Crippen LogP contribution in [0.2, 0.25) is 0 Å². The third-order valence-electron chi connectivity index (χ3n) is 2.77. The quantitative estimate of drug-likeness (QED) is 0.641. The molecule has 0 aromatic heterocycles. The highest BCUT2D eigenvalue weighted by Crippen LogP contribution is 2.14. The van der Waals surface area contributed by atoms with Crippen LogP contribution < -0.4 is 5.32 Å². The highest BCUT2D eigenvalue weighted by Gasteiger charge is 2.22. The second-order valence-electron chi connectivity index (χ2n) is 4.00. The maximum Gasteiger partial charge on any atom is 0.0702 e. The van der Waals surface area contributed by atoms with Crippen LogP contribution in [0.1, 0.15) is 34.1 Å². The molecular weight excluding hydrogens is 190 g/mol. The van der Waals surface area contributed by atoms with Crippen LogP contribution >= 0.6 is 0 Å². The van der Waals surface area contributed by atoms with Gasteiger partial charge in [0.15, 0.2) is 0 Å². The zero-order valence-corrected chi connectivity index (χ0v) is 10.9. The van der Waals surface area contributed by atoms with E-state index in [-0.39, 0.29) is 6.10 Å². The van der Waals surface area contributed by atoms with Crippen molar-refractivity contribution >= 4 is 0 Å². The fourth-order valence-electron chi connectivity index (χ4n) is 1.92. The molecule has 15 heavy (non-hydrogen) atoms. The van der Waals surface area contributed by atoms with E-state index in [0.29, 0.717) is 12.0 Å². The van der Waals surface area contributed by atoms with E-state index in [0.717, 1.165) is 26.2 Å². The summed E-state index contributed by atoms with van der Waals surface area (Å²) in [5, 5.41) is 3.50. The number of methoxy groups -OCH3 is 1. The summed E-state index contributed by atoms with van der Waals surface area (Å²) in [6.07, 6.45) is 1.34. The van der Waals surface area contributed by atoms with E-state index in [4.69, 9.17) is 9.47 Å². The standard InChI is InChI=1S/C12H27NO2/c1-6-13-12(11(4)15-7-2)10(3)8-9-14-5/h10-13H,6-9H2,1-5H3. The zero-order chi connectivity index (χ0) is 11.7. The van der Waals surface area contributed by atoms with Gasteiger partial charge in [-0.3, -0.25) is 0 Å². The van der Waals surface area contributed by atoms with E-state index < -0.39 is 0 Å². The summed E-state index contributed by atoms with van der Waals surface area (Å²) >= 11 is 0. The lowest BCUT2D eigenvalue weighted by molar-refractivity contribution is 0.0277. The van der Waals surface area contributed by atoms with Crippen molar-refractivity contribution in [2.45, 2.75) is 46.3 Å². The summed E-state index contributed by atoms with van der Waals surface area (Å²) in [6, 6.07) is 0.421. The number of hydrogen-bond acceptors (Lipinski definition) is 3. The molecular formula is C12H27NO2. The Labute approximate surface area is 94.5 Å². The topological polar surface area (TPSA) is 30.5 Å². The maximum atomic E-state index is 5.65. The fourth-order valence-corrected chi connectivity index (χ4v) is 1.92. The molecule has 3 heteroatoms. The lowest BCUT2D eigenvalue weighted by Crippen LogP contribution is -2.44. The zero-order valence-electron chi connectivity index (χ0n) is 10.9. The van der Waals surface area contributed by atoms with Gasteiger partial charge in [0.2, 0.25) is 0 Å². The predicted molar refractivity (Wildman–Crippen MR) is 64.2 cm³/mol. The van der Waals surface area contributed by atoms with Crippen LogP contribution in [-0.2, 0) is 9.47 Å². The highest BCUT2D eigenvalue weighted by atomic mass is 16.5. The van der Waals surface area contributed by atoms with Crippen molar-refractivity contribution in [3.05, 3.63) is 0 Å². The third kappa shape index (κ3) is 6.13. The Balaban J connectivity index is 4.09. The molecule has 0 aliphatic rings. The molecule has 0 amide bonds. The van der Waals surface area contributed by atoms with E-state index >= 15 is 0 Å². The Kier molecular flexibility index (Phi) is 9.06. The molecule has 0 bridgehead atoms. The van der Waals surface area contributed by atoms with Gasteiger partial charge in [0, 0.05) is 26.4 Å². The SMILES string of the molecule is CCNC(C(C)CCOC)C(C)OCC. The molecule has 0 saturated carbocycles. The van der Waals surface area contributed by atoms with Gasteiger partial charge in [-0.2, -0.15) is 0 Å². The third-order valence-corrected chi connectivity index (χ3v) is 2.77. The first-order valence-corrected chi connectivity index (χ1v) is 6.01. The van der Waals surface area contributed by atoms with Gasteiger partial charge < -0.3 is 14.8 Å². The molecule has 0 radical (unpaired) electrons. The van der Waals surface area contributed by atoms with E-state index in [1.165, 1.54) is 0 Å². The molecule has 0 aromatic rings. The molecule has 0 aliphatic carbocycles. The van der Waals surface area contributed by atoms with Gasteiger partial charge in [-0.05, 0) is 32.7 Å². The van der Waals surface area contributed by atoms with Gasteiger partial charge >= 0.3 is 0 Å². The average molecular weight is 217 g/mol. The van der Waals surface area contributed by atoms with Crippen molar-refractivity contribution in [2.75, 3.05) is 26.9 Å². The summed E-state index contributed by atoms with van der Waals surface area (Å²) in [7, 11) is 1.75. The molecule has 1 N–H and O–H groups in total. The van der Waals surface area contributed by atoms with E-state index in [1.807, 2.05) is 6.92 Å². The van der Waals surface area contributed by atoms with Gasteiger partial charge in [-0.25, -0.2) is 0 Å². The Bertz CT molecular complexity index is 142. The van der Waals surface area contributed by atoms with Gasteiger partial charge in [0.25, 0.3) is 0 Å². The number of nitrogens with one attached hydrogen (secondary N) is 1. The number of ether oxygens (including phenoxy) is 2. The minimum atomic E-state index is 0.266.